The van der Waals surface area contributed by atoms with Gasteiger partial charge in [-0.15, -0.1) is 0 Å². The Morgan fingerprint density at radius 1 is 1.09 bits per heavy atom. The Morgan fingerprint density at radius 3 is 2.52 bits per heavy atom. The number of carbonyl (C=O) groups excluding carboxylic acids is 2. The van der Waals surface area contributed by atoms with Crippen molar-refractivity contribution in [2.24, 2.45) is 5.10 Å². The van der Waals surface area contributed by atoms with Gasteiger partial charge in [-0.1, -0.05) is 29.8 Å². The lowest BCUT2D eigenvalue weighted by Gasteiger charge is -2.08. The first-order valence-electron chi connectivity index (χ1n) is 6.97. The van der Waals surface area contributed by atoms with E-state index < -0.39 is 11.8 Å². The minimum atomic E-state index is -0.892. The lowest BCUT2D eigenvalue weighted by Crippen LogP contribution is -2.32. The van der Waals surface area contributed by atoms with Gasteiger partial charge in [0.05, 0.1) is 6.21 Å². The van der Waals surface area contributed by atoms with Crippen LogP contribution in [0.3, 0.4) is 0 Å². The van der Waals surface area contributed by atoms with E-state index in [1.165, 1.54) is 12.3 Å². The number of aryl methyl sites for hydroxylation is 2. The highest BCUT2D eigenvalue weighted by Crippen LogP contribution is 2.15. The van der Waals surface area contributed by atoms with Crippen LogP contribution in [0.25, 0.3) is 0 Å². The predicted molar refractivity (Wildman–Crippen MR) is 88.4 cm³/mol. The number of phenols is 1. The number of anilines is 1. The first kappa shape index (κ1) is 16.2. The van der Waals surface area contributed by atoms with Gasteiger partial charge in [-0.2, -0.15) is 5.10 Å². The lowest BCUT2D eigenvalue weighted by atomic mass is 10.1. The van der Waals surface area contributed by atoms with E-state index in [2.05, 4.69) is 15.8 Å². The zero-order valence-corrected chi connectivity index (χ0v) is 12.8. The van der Waals surface area contributed by atoms with Gasteiger partial charge in [-0.25, -0.2) is 5.43 Å². The quantitative estimate of drug-likeness (QED) is 0.460. The van der Waals surface area contributed by atoms with Gasteiger partial charge in [0.1, 0.15) is 5.75 Å². The molecule has 0 saturated carbocycles. The molecule has 0 bridgehead atoms. The SMILES string of the molecule is Cc1ccc(NC(=O)C(=O)NN=Cc2ccccc2O)c(C)c1. The molecule has 2 amide bonds. The van der Waals surface area contributed by atoms with Crippen molar-refractivity contribution in [2.45, 2.75) is 13.8 Å². The summed E-state index contributed by atoms with van der Waals surface area (Å²) in [5.41, 5.74) is 5.05. The molecule has 0 radical (unpaired) electrons. The number of rotatable bonds is 3. The van der Waals surface area contributed by atoms with E-state index in [9.17, 15) is 14.7 Å². The van der Waals surface area contributed by atoms with Crippen LogP contribution >= 0.6 is 0 Å². The van der Waals surface area contributed by atoms with Crippen LogP contribution in [0.1, 0.15) is 16.7 Å². The maximum Gasteiger partial charge on any atom is 0.329 e. The standard InChI is InChI=1S/C17H17N3O3/c1-11-7-8-14(12(2)9-11)19-16(22)17(23)20-18-10-13-5-3-4-6-15(13)21/h3-10,21H,1-2H3,(H,19,22)(H,20,23). The number of amides is 2. The number of carbonyl (C=O) groups is 2. The molecule has 2 aromatic rings. The molecule has 0 aliphatic rings. The van der Waals surface area contributed by atoms with E-state index in [0.717, 1.165) is 11.1 Å². The fraction of sp³-hybridized carbons (Fsp3) is 0.118. The minimum Gasteiger partial charge on any atom is -0.507 e. The summed E-state index contributed by atoms with van der Waals surface area (Å²) in [6.45, 7) is 3.79. The molecule has 0 heterocycles. The number of para-hydroxylation sites is 1. The molecule has 3 N–H and O–H groups in total. The number of benzene rings is 2. The summed E-state index contributed by atoms with van der Waals surface area (Å²) in [5.74, 6) is -1.67. The third kappa shape index (κ3) is 4.41. The van der Waals surface area contributed by atoms with Gasteiger partial charge in [0, 0.05) is 11.3 Å². The van der Waals surface area contributed by atoms with Crippen LogP contribution in [0.15, 0.2) is 47.6 Å². The van der Waals surface area contributed by atoms with Crippen LogP contribution < -0.4 is 10.7 Å². The minimum absolute atomic E-state index is 0.0326. The topological polar surface area (TPSA) is 90.8 Å². The Hall–Kier alpha value is -3.15. The van der Waals surface area contributed by atoms with Crippen LogP contribution in [-0.2, 0) is 9.59 Å². The molecular formula is C17H17N3O3. The van der Waals surface area contributed by atoms with E-state index in [4.69, 9.17) is 0 Å². The van der Waals surface area contributed by atoms with E-state index >= 15 is 0 Å². The molecule has 0 aliphatic heterocycles. The van der Waals surface area contributed by atoms with Gasteiger partial charge in [0.15, 0.2) is 0 Å². The van der Waals surface area contributed by atoms with Crippen LogP contribution in [0.5, 0.6) is 5.75 Å². The van der Waals surface area contributed by atoms with Crippen molar-refractivity contribution in [3.8, 4) is 5.75 Å². The highest BCUT2D eigenvalue weighted by atomic mass is 16.3. The van der Waals surface area contributed by atoms with E-state index in [1.54, 1.807) is 24.3 Å². The van der Waals surface area contributed by atoms with Gasteiger partial charge in [0.25, 0.3) is 0 Å². The number of phenolic OH excluding ortho intramolecular Hbond substituents is 1. The number of hydrogen-bond acceptors (Lipinski definition) is 4. The average Bonchev–Trinajstić information content (AvgIpc) is 2.51. The van der Waals surface area contributed by atoms with Gasteiger partial charge in [-0.3, -0.25) is 9.59 Å². The maximum absolute atomic E-state index is 11.8. The first-order valence-corrected chi connectivity index (χ1v) is 6.97. The number of nitrogens with zero attached hydrogens (tertiary/aromatic N) is 1. The Bertz CT molecular complexity index is 769. The van der Waals surface area contributed by atoms with Crippen molar-refractivity contribution in [1.82, 2.24) is 5.43 Å². The normalized spacial score (nSPS) is 10.5. The maximum atomic E-state index is 11.8. The molecule has 0 aliphatic carbocycles. The number of nitrogens with one attached hydrogen (secondary N) is 2. The van der Waals surface area contributed by atoms with Crippen LogP contribution in [0, 0.1) is 13.8 Å². The molecular weight excluding hydrogens is 294 g/mol. The Balaban J connectivity index is 1.95. The largest absolute Gasteiger partial charge is 0.507 e. The summed E-state index contributed by atoms with van der Waals surface area (Å²) in [4.78, 5) is 23.5. The van der Waals surface area contributed by atoms with Gasteiger partial charge < -0.3 is 10.4 Å². The van der Waals surface area contributed by atoms with Crippen molar-refractivity contribution in [2.75, 3.05) is 5.32 Å². The zero-order valence-electron chi connectivity index (χ0n) is 12.8. The van der Waals surface area contributed by atoms with Gasteiger partial charge in [-0.05, 0) is 37.6 Å². The molecule has 0 spiro atoms. The highest BCUT2D eigenvalue weighted by Gasteiger charge is 2.13. The van der Waals surface area contributed by atoms with Crippen molar-refractivity contribution in [3.63, 3.8) is 0 Å². The fourth-order valence-corrected chi connectivity index (χ4v) is 1.94. The summed E-state index contributed by atoms with van der Waals surface area (Å²) in [6.07, 6.45) is 1.26. The fourth-order valence-electron chi connectivity index (χ4n) is 1.94. The van der Waals surface area contributed by atoms with Crippen LogP contribution in [0.4, 0.5) is 5.69 Å². The molecule has 2 aromatic carbocycles. The Morgan fingerprint density at radius 2 is 1.83 bits per heavy atom. The van der Waals surface area contributed by atoms with Crippen molar-refractivity contribution >= 4 is 23.7 Å². The smallest absolute Gasteiger partial charge is 0.329 e. The molecule has 0 fully saturated rings. The summed E-state index contributed by atoms with van der Waals surface area (Å²) < 4.78 is 0. The van der Waals surface area contributed by atoms with Crippen molar-refractivity contribution in [3.05, 3.63) is 59.2 Å². The molecule has 2 rings (SSSR count). The number of hydrogen-bond donors (Lipinski definition) is 3. The van der Waals surface area contributed by atoms with E-state index in [1.807, 2.05) is 26.0 Å². The summed E-state index contributed by atoms with van der Waals surface area (Å²) in [7, 11) is 0. The molecule has 6 nitrogen and oxygen atoms in total. The van der Waals surface area contributed by atoms with Gasteiger partial charge >= 0.3 is 11.8 Å². The summed E-state index contributed by atoms with van der Waals surface area (Å²) in [5, 5.41) is 15.7. The predicted octanol–water partition coefficient (Wildman–Crippen LogP) is 2.10. The van der Waals surface area contributed by atoms with E-state index in [-0.39, 0.29) is 5.75 Å². The molecule has 0 atom stereocenters. The van der Waals surface area contributed by atoms with Crippen LogP contribution in [-0.4, -0.2) is 23.1 Å². The van der Waals surface area contributed by atoms with Gasteiger partial charge in [0.2, 0.25) is 0 Å². The Kier molecular flexibility index (Phi) is 5.09. The second-order valence-electron chi connectivity index (χ2n) is 5.03. The average molecular weight is 311 g/mol. The van der Waals surface area contributed by atoms with Crippen molar-refractivity contribution < 1.29 is 14.7 Å². The molecule has 0 unspecified atom stereocenters. The Labute approximate surface area is 133 Å². The zero-order chi connectivity index (χ0) is 16.8. The molecule has 0 saturated heterocycles. The first-order chi connectivity index (χ1) is 11.0. The highest BCUT2D eigenvalue weighted by molar-refractivity contribution is 6.39. The van der Waals surface area contributed by atoms with Crippen molar-refractivity contribution in [1.29, 1.82) is 0 Å². The lowest BCUT2D eigenvalue weighted by molar-refractivity contribution is -0.136. The molecule has 23 heavy (non-hydrogen) atoms. The molecule has 0 aromatic heterocycles. The summed E-state index contributed by atoms with van der Waals surface area (Å²) >= 11 is 0. The van der Waals surface area contributed by atoms with Crippen LogP contribution in [0.2, 0.25) is 0 Å². The second kappa shape index (κ2) is 7.22. The van der Waals surface area contributed by atoms with E-state index in [0.29, 0.717) is 11.3 Å². The number of aromatic hydroxyl groups is 1. The second-order valence-corrected chi connectivity index (χ2v) is 5.03. The third-order valence-electron chi connectivity index (χ3n) is 3.14. The summed E-state index contributed by atoms with van der Waals surface area (Å²) in [6, 6.07) is 12.0. The molecule has 6 heteroatoms. The molecule has 118 valence electrons. The number of hydrazone groups is 1. The monoisotopic (exact) mass is 311 g/mol. The third-order valence-corrected chi connectivity index (χ3v) is 3.14.